The Morgan fingerprint density at radius 1 is 1.29 bits per heavy atom. The molecule has 0 aliphatic carbocycles. The lowest BCUT2D eigenvalue weighted by molar-refractivity contribution is 0.259. The summed E-state index contributed by atoms with van der Waals surface area (Å²) in [6.07, 6.45) is 1.87. The fraction of sp³-hybridized carbons (Fsp3) is 0.222. The summed E-state index contributed by atoms with van der Waals surface area (Å²) in [7, 11) is 0. The van der Waals surface area contributed by atoms with Crippen LogP contribution >= 0.6 is 11.6 Å². The van der Waals surface area contributed by atoms with Crippen LogP contribution in [0.15, 0.2) is 42.5 Å². The molecule has 3 rings (SSSR count). The van der Waals surface area contributed by atoms with Crippen molar-refractivity contribution in [2.75, 3.05) is 5.32 Å². The van der Waals surface area contributed by atoms with Crippen LogP contribution in [0.3, 0.4) is 0 Å². The van der Waals surface area contributed by atoms with Crippen LogP contribution in [0.2, 0.25) is 5.02 Å². The molecular formula is C18H19ClN4O. The number of aryl methyl sites for hydroxylation is 1. The van der Waals surface area contributed by atoms with E-state index in [0.717, 1.165) is 40.3 Å². The standard InChI is InChI=1S/C18H19ClN4O/c1-2-5-17-22-15-9-8-13(21-18(20)24)10-16(15)23(17)11-12-6-3-4-7-14(12)19/h3-4,6-10H,2,5,11H2,1H3,(H3,20,21,24). The number of fused-ring (bicyclic) bond motifs is 1. The van der Waals surface area contributed by atoms with E-state index in [4.69, 9.17) is 22.3 Å². The molecule has 1 aromatic heterocycles. The third-order valence-corrected chi connectivity index (χ3v) is 4.22. The van der Waals surface area contributed by atoms with Gasteiger partial charge in [0, 0.05) is 17.1 Å². The summed E-state index contributed by atoms with van der Waals surface area (Å²) < 4.78 is 2.15. The molecule has 0 unspecified atom stereocenters. The van der Waals surface area contributed by atoms with Gasteiger partial charge in [0.2, 0.25) is 0 Å². The fourth-order valence-electron chi connectivity index (χ4n) is 2.78. The minimum Gasteiger partial charge on any atom is -0.351 e. The zero-order chi connectivity index (χ0) is 17.1. The van der Waals surface area contributed by atoms with E-state index >= 15 is 0 Å². The van der Waals surface area contributed by atoms with Crippen LogP contribution in [0, 0.1) is 0 Å². The van der Waals surface area contributed by atoms with Gasteiger partial charge in [0.15, 0.2) is 0 Å². The zero-order valence-electron chi connectivity index (χ0n) is 13.4. The second kappa shape index (κ2) is 6.93. The molecule has 0 aliphatic heterocycles. The summed E-state index contributed by atoms with van der Waals surface area (Å²) in [6, 6.07) is 12.8. The van der Waals surface area contributed by atoms with Crippen LogP contribution in [0.1, 0.15) is 24.7 Å². The van der Waals surface area contributed by atoms with Crippen molar-refractivity contribution < 1.29 is 4.79 Å². The Kier molecular flexibility index (Phi) is 4.71. The molecule has 0 saturated heterocycles. The summed E-state index contributed by atoms with van der Waals surface area (Å²) in [5.74, 6) is 1.00. The number of halogens is 1. The number of carbonyl (C=O) groups is 1. The van der Waals surface area contributed by atoms with E-state index in [1.807, 2.05) is 36.4 Å². The van der Waals surface area contributed by atoms with E-state index in [1.54, 1.807) is 6.07 Å². The third-order valence-electron chi connectivity index (χ3n) is 3.85. The first-order valence-electron chi connectivity index (χ1n) is 7.87. The average molecular weight is 343 g/mol. The molecule has 24 heavy (non-hydrogen) atoms. The molecule has 0 radical (unpaired) electrons. The first-order chi connectivity index (χ1) is 11.6. The Labute approximate surface area is 145 Å². The van der Waals surface area contributed by atoms with Crippen molar-refractivity contribution in [3.05, 3.63) is 58.9 Å². The van der Waals surface area contributed by atoms with E-state index in [-0.39, 0.29) is 0 Å². The lowest BCUT2D eigenvalue weighted by atomic mass is 10.2. The highest BCUT2D eigenvalue weighted by Gasteiger charge is 2.13. The largest absolute Gasteiger partial charge is 0.351 e. The minimum absolute atomic E-state index is 0.583. The number of benzene rings is 2. The number of nitrogens with two attached hydrogens (primary N) is 1. The van der Waals surface area contributed by atoms with Gasteiger partial charge in [-0.25, -0.2) is 9.78 Å². The molecule has 6 heteroatoms. The maximum atomic E-state index is 11.1. The second-order valence-electron chi connectivity index (χ2n) is 5.65. The summed E-state index contributed by atoms with van der Waals surface area (Å²) in [6.45, 7) is 2.75. The molecule has 0 fully saturated rings. The van der Waals surface area contributed by atoms with Gasteiger partial charge in [-0.15, -0.1) is 0 Å². The number of nitrogens with one attached hydrogen (secondary N) is 1. The second-order valence-corrected chi connectivity index (χ2v) is 6.06. The number of aromatic nitrogens is 2. The molecule has 0 aliphatic rings. The average Bonchev–Trinajstić information content (AvgIpc) is 2.87. The predicted molar refractivity (Wildman–Crippen MR) is 97.5 cm³/mol. The van der Waals surface area contributed by atoms with Crippen molar-refractivity contribution in [1.29, 1.82) is 0 Å². The highest BCUT2D eigenvalue weighted by atomic mass is 35.5. The number of carbonyl (C=O) groups excluding carboxylic acids is 1. The lowest BCUT2D eigenvalue weighted by Gasteiger charge is -2.11. The van der Waals surface area contributed by atoms with Crippen LogP contribution in [-0.2, 0) is 13.0 Å². The minimum atomic E-state index is -0.583. The normalized spacial score (nSPS) is 10.9. The summed E-state index contributed by atoms with van der Waals surface area (Å²) in [5, 5.41) is 3.34. The number of rotatable bonds is 5. The SMILES string of the molecule is CCCc1nc2ccc(NC(N)=O)cc2n1Cc1ccccc1Cl. The van der Waals surface area contributed by atoms with Crippen molar-refractivity contribution in [3.8, 4) is 0 Å². The molecule has 3 N–H and O–H groups in total. The quantitative estimate of drug-likeness (QED) is 0.730. The first kappa shape index (κ1) is 16.3. The molecule has 124 valence electrons. The van der Waals surface area contributed by atoms with Gasteiger partial charge in [-0.3, -0.25) is 0 Å². The fourth-order valence-corrected chi connectivity index (χ4v) is 2.98. The van der Waals surface area contributed by atoms with Gasteiger partial charge in [0.05, 0.1) is 17.6 Å². The predicted octanol–water partition coefficient (Wildman–Crippen LogP) is 4.18. The van der Waals surface area contributed by atoms with Crippen molar-refractivity contribution in [2.45, 2.75) is 26.3 Å². The van der Waals surface area contributed by atoms with Crippen molar-refractivity contribution in [1.82, 2.24) is 9.55 Å². The molecule has 0 bridgehead atoms. The van der Waals surface area contributed by atoms with Gasteiger partial charge >= 0.3 is 6.03 Å². The van der Waals surface area contributed by atoms with Crippen LogP contribution < -0.4 is 11.1 Å². The van der Waals surface area contributed by atoms with Crippen LogP contribution in [0.5, 0.6) is 0 Å². The number of nitrogens with zero attached hydrogens (tertiary/aromatic N) is 2. The first-order valence-corrected chi connectivity index (χ1v) is 8.25. The summed E-state index contributed by atoms with van der Waals surface area (Å²) in [4.78, 5) is 15.8. The monoisotopic (exact) mass is 342 g/mol. The van der Waals surface area contributed by atoms with Gasteiger partial charge in [0.25, 0.3) is 0 Å². The zero-order valence-corrected chi connectivity index (χ0v) is 14.2. The van der Waals surface area contributed by atoms with Crippen LogP contribution in [0.4, 0.5) is 10.5 Å². The number of imidazole rings is 1. The number of hydrogen-bond donors (Lipinski definition) is 2. The van der Waals surface area contributed by atoms with Gasteiger partial charge in [-0.05, 0) is 36.2 Å². The van der Waals surface area contributed by atoms with E-state index in [2.05, 4.69) is 16.8 Å². The molecule has 3 aromatic rings. The Morgan fingerprint density at radius 2 is 2.08 bits per heavy atom. The number of primary amides is 1. The molecule has 0 atom stereocenters. The maximum Gasteiger partial charge on any atom is 0.316 e. The Bertz CT molecular complexity index is 888. The van der Waals surface area contributed by atoms with Crippen LogP contribution in [-0.4, -0.2) is 15.6 Å². The number of urea groups is 1. The molecule has 2 amide bonds. The Hall–Kier alpha value is -2.53. The number of hydrogen-bond acceptors (Lipinski definition) is 2. The van der Waals surface area contributed by atoms with E-state index in [0.29, 0.717) is 12.2 Å². The van der Waals surface area contributed by atoms with Crippen molar-refractivity contribution in [3.63, 3.8) is 0 Å². The molecule has 0 saturated carbocycles. The third kappa shape index (κ3) is 3.36. The Balaban J connectivity index is 2.09. The van der Waals surface area contributed by atoms with Gasteiger partial charge < -0.3 is 15.6 Å². The molecule has 2 aromatic carbocycles. The van der Waals surface area contributed by atoms with E-state index in [9.17, 15) is 4.79 Å². The topological polar surface area (TPSA) is 72.9 Å². The lowest BCUT2D eigenvalue weighted by Crippen LogP contribution is -2.19. The van der Waals surface area contributed by atoms with Gasteiger partial charge in [-0.2, -0.15) is 0 Å². The molecular weight excluding hydrogens is 324 g/mol. The van der Waals surface area contributed by atoms with Gasteiger partial charge in [0.1, 0.15) is 5.82 Å². The maximum absolute atomic E-state index is 11.1. The highest BCUT2D eigenvalue weighted by molar-refractivity contribution is 6.31. The molecule has 0 spiro atoms. The number of amides is 2. The number of anilines is 1. The molecule has 1 heterocycles. The van der Waals surface area contributed by atoms with Crippen LogP contribution in [0.25, 0.3) is 11.0 Å². The highest BCUT2D eigenvalue weighted by Crippen LogP contribution is 2.25. The molecule has 5 nitrogen and oxygen atoms in total. The Morgan fingerprint density at radius 3 is 2.79 bits per heavy atom. The van der Waals surface area contributed by atoms with Crippen molar-refractivity contribution >= 4 is 34.4 Å². The smallest absolute Gasteiger partial charge is 0.316 e. The van der Waals surface area contributed by atoms with E-state index < -0.39 is 6.03 Å². The summed E-state index contributed by atoms with van der Waals surface area (Å²) >= 11 is 6.31. The summed E-state index contributed by atoms with van der Waals surface area (Å²) in [5.41, 5.74) is 8.73. The van der Waals surface area contributed by atoms with Crippen molar-refractivity contribution in [2.24, 2.45) is 5.73 Å². The van der Waals surface area contributed by atoms with Gasteiger partial charge in [-0.1, -0.05) is 36.7 Å². The van der Waals surface area contributed by atoms with E-state index in [1.165, 1.54) is 0 Å².